The van der Waals surface area contributed by atoms with Crippen molar-refractivity contribution in [1.29, 1.82) is 0 Å². The van der Waals surface area contributed by atoms with Crippen molar-refractivity contribution in [3.63, 3.8) is 0 Å². The number of carbonyl (C=O) groups is 1. The summed E-state index contributed by atoms with van der Waals surface area (Å²) in [6.07, 6.45) is 8.26. The van der Waals surface area contributed by atoms with Crippen molar-refractivity contribution in [2.75, 3.05) is 0 Å². The van der Waals surface area contributed by atoms with E-state index in [9.17, 15) is 4.79 Å². The van der Waals surface area contributed by atoms with Gasteiger partial charge in [0.25, 0.3) is 0 Å². The molecule has 4 heteroatoms. The molecule has 0 N–H and O–H groups in total. The maximum atomic E-state index is 11.3. The molecule has 94 valence electrons. The van der Waals surface area contributed by atoms with Gasteiger partial charge in [-0.1, -0.05) is 37.8 Å². The fraction of sp³-hybridized carbons (Fsp3) is 0.769. The first-order valence-electron chi connectivity index (χ1n) is 6.63. The van der Waals surface area contributed by atoms with Gasteiger partial charge in [0, 0.05) is 12.3 Å². The molecule has 0 atom stereocenters. The van der Waals surface area contributed by atoms with Crippen molar-refractivity contribution in [2.45, 2.75) is 64.2 Å². The molecule has 1 aromatic heterocycles. The molecule has 1 heterocycles. The van der Waals surface area contributed by atoms with E-state index < -0.39 is 0 Å². The monoisotopic (exact) mass is 236 g/mol. The Hall–Kier alpha value is -1.19. The molecule has 1 saturated carbocycles. The van der Waals surface area contributed by atoms with Gasteiger partial charge in [0.15, 0.2) is 5.82 Å². The van der Waals surface area contributed by atoms with Crippen molar-refractivity contribution >= 4 is 5.78 Å². The number of carbonyl (C=O) groups excluding carboxylic acids is 1. The normalized spacial score (nSPS) is 17.9. The van der Waals surface area contributed by atoms with Crippen molar-refractivity contribution in [3.8, 4) is 0 Å². The first-order valence-corrected chi connectivity index (χ1v) is 6.63. The molecule has 0 unspecified atom stereocenters. The number of hydrogen-bond donors (Lipinski definition) is 0. The van der Waals surface area contributed by atoms with Crippen molar-refractivity contribution < 1.29 is 9.32 Å². The van der Waals surface area contributed by atoms with Gasteiger partial charge in [-0.3, -0.25) is 4.79 Å². The average Bonchev–Trinajstić information content (AvgIpc) is 2.63. The lowest BCUT2D eigenvalue weighted by Gasteiger charge is -2.07. The highest BCUT2D eigenvalue weighted by atomic mass is 16.5. The van der Waals surface area contributed by atoms with Gasteiger partial charge >= 0.3 is 0 Å². The molecule has 4 nitrogen and oxygen atoms in total. The van der Waals surface area contributed by atoms with Crippen LogP contribution in [-0.4, -0.2) is 15.9 Å². The molecule has 2 rings (SSSR count). The summed E-state index contributed by atoms with van der Waals surface area (Å²) in [6.45, 7) is 1.85. The average molecular weight is 236 g/mol. The van der Waals surface area contributed by atoms with Crippen molar-refractivity contribution in [3.05, 3.63) is 11.7 Å². The zero-order valence-corrected chi connectivity index (χ0v) is 10.4. The predicted molar refractivity (Wildman–Crippen MR) is 63.7 cm³/mol. The molecule has 1 fully saturated rings. The van der Waals surface area contributed by atoms with Crippen LogP contribution >= 0.6 is 0 Å². The molecule has 1 aliphatic carbocycles. The van der Waals surface area contributed by atoms with Gasteiger partial charge in [0.2, 0.25) is 5.89 Å². The van der Waals surface area contributed by atoms with Gasteiger partial charge < -0.3 is 4.52 Å². The minimum absolute atomic E-state index is 0.154. The van der Waals surface area contributed by atoms with Crippen LogP contribution in [0.15, 0.2) is 4.52 Å². The Morgan fingerprint density at radius 1 is 1.29 bits per heavy atom. The zero-order chi connectivity index (χ0) is 12.1. The number of Topliss-reactive ketones (excluding diaryl/α,β-unsaturated/α-hetero) is 1. The summed E-state index contributed by atoms with van der Waals surface area (Å²) < 4.78 is 5.15. The highest BCUT2D eigenvalue weighted by Gasteiger charge is 2.20. The molecule has 0 spiro atoms. The molecule has 0 saturated heterocycles. The van der Waals surface area contributed by atoms with E-state index in [-0.39, 0.29) is 12.2 Å². The quantitative estimate of drug-likeness (QED) is 0.754. The lowest BCUT2D eigenvalue weighted by Crippen LogP contribution is -2.02. The van der Waals surface area contributed by atoms with E-state index >= 15 is 0 Å². The number of nitrogens with zero attached hydrogens (tertiary/aromatic N) is 2. The third kappa shape index (κ3) is 3.38. The molecule has 1 aromatic rings. The van der Waals surface area contributed by atoms with E-state index in [0.717, 1.165) is 18.7 Å². The van der Waals surface area contributed by atoms with Gasteiger partial charge in [0.1, 0.15) is 5.78 Å². The van der Waals surface area contributed by atoms with Gasteiger partial charge in [-0.2, -0.15) is 4.98 Å². The maximum Gasteiger partial charge on any atom is 0.234 e. The Morgan fingerprint density at radius 2 is 2.00 bits per heavy atom. The van der Waals surface area contributed by atoms with E-state index in [1.54, 1.807) is 0 Å². The summed E-state index contributed by atoms with van der Waals surface area (Å²) in [5.41, 5.74) is 0. The Labute approximate surface area is 102 Å². The lowest BCUT2D eigenvalue weighted by molar-refractivity contribution is -0.118. The minimum Gasteiger partial charge on any atom is -0.339 e. The molecular weight excluding hydrogens is 216 g/mol. The van der Waals surface area contributed by atoms with Gasteiger partial charge in [-0.15, -0.1) is 0 Å². The molecule has 0 amide bonds. The Kier molecular flexibility index (Phi) is 4.29. The summed E-state index contributed by atoms with van der Waals surface area (Å²) >= 11 is 0. The van der Waals surface area contributed by atoms with Gasteiger partial charge in [0.05, 0.1) is 6.42 Å². The zero-order valence-electron chi connectivity index (χ0n) is 10.4. The molecular formula is C13H20N2O2. The van der Waals surface area contributed by atoms with E-state index in [1.165, 1.54) is 25.7 Å². The fourth-order valence-electron chi connectivity index (χ4n) is 2.34. The maximum absolute atomic E-state index is 11.3. The van der Waals surface area contributed by atoms with Crippen LogP contribution in [0.4, 0.5) is 0 Å². The van der Waals surface area contributed by atoms with Crippen molar-refractivity contribution in [2.24, 2.45) is 0 Å². The topological polar surface area (TPSA) is 56.0 Å². The van der Waals surface area contributed by atoms with Crippen LogP contribution in [0.2, 0.25) is 0 Å². The second-order valence-electron chi connectivity index (χ2n) is 4.80. The highest BCUT2D eigenvalue weighted by Crippen LogP contribution is 2.29. The van der Waals surface area contributed by atoms with E-state index in [2.05, 4.69) is 10.1 Å². The standard InChI is InChI=1S/C13H20N2O2/c1-2-11(16)9-12-14-13(15-17-12)10-7-5-3-4-6-8-10/h10H,2-9H2,1H3. The largest absolute Gasteiger partial charge is 0.339 e. The number of rotatable bonds is 4. The summed E-state index contributed by atoms with van der Waals surface area (Å²) in [7, 11) is 0. The first kappa shape index (κ1) is 12.3. The molecule has 0 bridgehead atoms. The summed E-state index contributed by atoms with van der Waals surface area (Å²) in [5, 5.41) is 4.03. The summed E-state index contributed by atoms with van der Waals surface area (Å²) in [6, 6.07) is 0. The van der Waals surface area contributed by atoms with Crippen LogP contribution in [0.25, 0.3) is 0 Å². The van der Waals surface area contributed by atoms with Crippen LogP contribution in [0, 0.1) is 0 Å². The van der Waals surface area contributed by atoms with Crippen LogP contribution in [0.1, 0.15) is 69.5 Å². The van der Waals surface area contributed by atoms with E-state index in [0.29, 0.717) is 18.2 Å². The van der Waals surface area contributed by atoms with Crippen LogP contribution in [0.5, 0.6) is 0 Å². The Morgan fingerprint density at radius 3 is 2.65 bits per heavy atom. The van der Waals surface area contributed by atoms with Gasteiger partial charge in [-0.25, -0.2) is 0 Å². The second-order valence-corrected chi connectivity index (χ2v) is 4.80. The summed E-state index contributed by atoms with van der Waals surface area (Å²) in [4.78, 5) is 15.7. The fourth-order valence-corrected chi connectivity index (χ4v) is 2.34. The Balaban J connectivity index is 1.98. The van der Waals surface area contributed by atoms with Crippen LogP contribution in [0.3, 0.4) is 0 Å². The van der Waals surface area contributed by atoms with E-state index in [1.807, 2.05) is 6.92 Å². The molecule has 0 aromatic carbocycles. The number of ketones is 1. The molecule has 0 radical (unpaired) electrons. The number of aromatic nitrogens is 2. The third-order valence-electron chi connectivity index (χ3n) is 3.45. The predicted octanol–water partition coefficient (Wildman–Crippen LogP) is 3.03. The van der Waals surface area contributed by atoms with Crippen molar-refractivity contribution in [1.82, 2.24) is 10.1 Å². The van der Waals surface area contributed by atoms with E-state index in [4.69, 9.17) is 4.52 Å². The summed E-state index contributed by atoms with van der Waals surface area (Å²) in [5.74, 6) is 1.88. The first-order chi connectivity index (χ1) is 8.29. The molecule has 0 aliphatic heterocycles. The highest BCUT2D eigenvalue weighted by molar-refractivity contribution is 5.79. The smallest absolute Gasteiger partial charge is 0.234 e. The van der Waals surface area contributed by atoms with Gasteiger partial charge in [-0.05, 0) is 12.8 Å². The number of hydrogen-bond acceptors (Lipinski definition) is 4. The molecule has 17 heavy (non-hydrogen) atoms. The Bertz CT molecular complexity index is 365. The minimum atomic E-state index is 0.154. The van der Waals surface area contributed by atoms with Crippen LogP contribution in [-0.2, 0) is 11.2 Å². The lowest BCUT2D eigenvalue weighted by atomic mass is 10.00. The molecule has 1 aliphatic rings. The SMILES string of the molecule is CCC(=O)Cc1nc(C2CCCCCC2)no1. The second kappa shape index (κ2) is 5.94. The third-order valence-corrected chi connectivity index (χ3v) is 3.45. The van der Waals surface area contributed by atoms with Crippen LogP contribution < -0.4 is 0 Å².